The maximum Gasteiger partial charge on any atom is 0.226 e. The second-order valence-electron chi connectivity index (χ2n) is 4.71. The van der Waals surface area contributed by atoms with Gasteiger partial charge in [0.25, 0.3) is 0 Å². The summed E-state index contributed by atoms with van der Waals surface area (Å²) in [5.41, 5.74) is 2.61. The van der Waals surface area contributed by atoms with Crippen LogP contribution in [0.5, 0.6) is 5.75 Å². The Morgan fingerprint density at radius 3 is 2.62 bits per heavy atom. The molecule has 2 aromatic rings. The molecule has 1 aliphatic heterocycles. The van der Waals surface area contributed by atoms with Crippen LogP contribution >= 0.6 is 0 Å². The molecule has 2 unspecified atom stereocenters. The van der Waals surface area contributed by atoms with Gasteiger partial charge >= 0.3 is 0 Å². The SMILES string of the molecule is N#Cc1ccc(C(O)c2ccc3c(c2)OC(C=O)N3)cc1. The predicted molar refractivity (Wildman–Crippen MR) is 75.8 cm³/mol. The van der Waals surface area contributed by atoms with Crippen LogP contribution in [0.1, 0.15) is 22.8 Å². The zero-order valence-electron chi connectivity index (χ0n) is 11.0. The molecule has 0 aromatic heterocycles. The summed E-state index contributed by atoms with van der Waals surface area (Å²) < 4.78 is 5.39. The number of aldehydes is 1. The van der Waals surface area contributed by atoms with Crippen molar-refractivity contribution >= 4 is 12.0 Å². The third-order valence-corrected chi connectivity index (χ3v) is 3.35. The number of hydrogen-bond acceptors (Lipinski definition) is 5. The Labute approximate surface area is 121 Å². The van der Waals surface area contributed by atoms with E-state index in [2.05, 4.69) is 5.32 Å². The Balaban J connectivity index is 1.87. The molecule has 2 N–H and O–H groups in total. The van der Waals surface area contributed by atoms with Crippen LogP contribution in [0.4, 0.5) is 5.69 Å². The summed E-state index contributed by atoms with van der Waals surface area (Å²) in [7, 11) is 0. The smallest absolute Gasteiger partial charge is 0.226 e. The lowest BCUT2D eigenvalue weighted by molar-refractivity contribution is -0.112. The summed E-state index contributed by atoms with van der Waals surface area (Å²) in [4.78, 5) is 10.7. The van der Waals surface area contributed by atoms with Gasteiger partial charge in [-0.1, -0.05) is 18.2 Å². The number of aliphatic hydroxyl groups excluding tert-OH is 1. The highest BCUT2D eigenvalue weighted by Gasteiger charge is 2.22. The topological polar surface area (TPSA) is 82.3 Å². The van der Waals surface area contributed by atoms with Crippen molar-refractivity contribution in [2.45, 2.75) is 12.3 Å². The summed E-state index contributed by atoms with van der Waals surface area (Å²) in [5.74, 6) is 0.539. The van der Waals surface area contributed by atoms with E-state index >= 15 is 0 Å². The quantitative estimate of drug-likeness (QED) is 0.840. The van der Waals surface area contributed by atoms with E-state index in [1.54, 1.807) is 42.5 Å². The number of fused-ring (bicyclic) bond motifs is 1. The summed E-state index contributed by atoms with van der Waals surface area (Å²) in [6.07, 6.45) is -0.819. The highest BCUT2D eigenvalue weighted by atomic mass is 16.5. The Bertz CT molecular complexity index is 719. The molecular weight excluding hydrogens is 268 g/mol. The fourth-order valence-corrected chi connectivity index (χ4v) is 2.24. The molecule has 5 heteroatoms. The molecule has 0 fully saturated rings. The van der Waals surface area contributed by atoms with E-state index in [0.29, 0.717) is 28.7 Å². The molecule has 0 bridgehead atoms. The van der Waals surface area contributed by atoms with E-state index in [9.17, 15) is 9.90 Å². The number of rotatable bonds is 3. The van der Waals surface area contributed by atoms with Gasteiger partial charge in [-0.2, -0.15) is 5.26 Å². The standard InChI is InChI=1S/C16H12N2O3/c17-8-10-1-3-11(4-2-10)16(20)12-5-6-13-14(7-12)21-15(9-19)18-13/h1-7,9,15-16,18,20H. The lowest BCUT2D eigenvalue weighted by Crippen LogP contribution is -2.20. The first kappa shape index (κ1) is 13.2. The van der Waals surface area contributed by atoms with E-state index in [0.717, 1.165) is 5.69 Å². The maximum atomic E-state index is 10.7. The van der Waals surface area contributed by atoms with Crippen molar-refractivity contribution in [3.05, 3.63) is 59.2 Å². The number of nitriles is 1. The molecule has 0 spiro atoms. The van der Waals surface area contributed by atoms with Crippen LogP contribution in [-0.2, 0) is 4.79 Å². The molecule has 5 nitrogen and oxygen atoms in total. The van der Waals surface area contributed by atoms with Gasteiger partial charge in [-0.05, 0) is 35.4 Å². The van der Waals surface area contributed by atoms with Crippen molar-refractivity contribution in [2.75, 3.05) is 5.32 Å². The van der Waals surface area contributed by atoms with Crippen LogP contribution in [-0.4, -0.2) is 17.6 Å². The number of carbonyl (C=O) groups excluding carboxylic acids is 1. The number of hydrogen-bond donors (Lipinski definition) is 2. The minimum Gasteiger partial charge on any atom is -0.461 e. The lowest BCUT2D eigenvalue weighted by atomic mass is 10.00. The predicted octanol–water partition coefficient (Wildman–Crippen LogP) is 1.97. The van der Waals surface area contributed by atoms with Crippen molar-refractivity contribution in [3.8, 4) is 11.8 Å². The van der Waals surface area contributed by atoms with Crippen molar-refractivity contribution in [1.29, 1.82) is 5.26 Å². The second kappa shape index (κ2) is 5.27. The molecule has 0 saturated carbocycles. The molecule has 21 heavy (non-hydrogen) atoms. The van der Waals surface area contributed by atoms with E-state index in [1.165, 1.54) is 0 Å². The molecule has 0 amide bonds. The second-order valence-corrected chi connectivity index (χ2v) is 4.71. The first-order valence-electron chi connectivity index (χ1n) is 6.42. The Morgan fingerprint density at radius 1 is 1.24 bits per heavy atom. The number of anilines is 1. The first-order chi connectivity index (χ1) is 10.2. The minimum absolute atomic E-state index is 0.539. The molecule has 0 radical (unpaired) electrons. The molecule has 2 atom stereocenters. The molecular formula is C16H12N2O3. The highest BCUT2D eigenvalue weighted by Crippen LogP contribution is 2.35. The molecule has 104 valence electrons. The Kier molecular flexibility index (Phi) is 3.30. The van der Waals surface area contributed by atoms with E-state index in [-0.39, 0.29) is 0 Å². The Hall–Kier alpha value is -2.84. The molecule has 1 aliphatic rings. The van der Waals surface area contributed by atoms with Gasteiger partial charge in [-0.3, -0.25) is 4.79 Å². The van der Waals surface area contributed by atoms with Crippen molar-refractivity contribution in [1.82, 2.24) is 0 Å². The lowest BCUT2D eigenvalue weighted by Gasteiger charge is -2.12. The number of nitrogens with one attached hydrogen (secondary N) is 1. The van der Waals surface area contributed by atoms with Gasteiger partial charge in [-0.25, -0.2) is 0 Å². The van der Waals surface area contributed by atoms with Crippen LogP contribution in [0, 0.1) is 11.3 Å². The van der Waals surface area contributed by atoms with Gasteiger partial charge in [0.05, 0.1) is 17.3 Å². The zero-order chi connectivity index (χ0) is 14.8. The first-order valence-corrected chi connectivity index (χ1v) is 6.42. The average molecular weight is 280 g/mol. The summed E-state index contributed by atoms with van der Waals surface area (Å²) in [6.45, 7) is 0. The largest absolute Gasteiger partial charge is 0.461 e. The third-order valence-electron chi connectivity index (χ3n) is 3.35. The third kappa shape index (κ3) is 2.45. The molecule has 3 rings (SSSR count). The van der Waals surface area contributed by atoms with Crippen molar-refractivity contribution in [2.24, 2.45) is 0 Å². The van der Waals surface area contributed by atoms with Gasteiger partial charge in [0.15, 0.2) is 6.29 Å². The van der Waals surface area contributed by atoms with E-state index in [4.69, 9.17) is 10.00 Å². The average Bonchev–Trinajstić information content (AvgIpc) is 2.96. The summed E-state index contributed by atoms with van der Waals surface area (Å²) in [5, 5.41) is 22.1. The number of nitrogens with zero attached hydrogens (tertiary/aromatic N) is 1. The van der Waals surface area contributed by atoms with Crippen LogP contribution < -0.4 is 10.1 Å². The number of ether oxygens (including phenoxy) is 1. The number of aliphatic hydroxyl groups is 1. The maximum absolute atomic E-state index is 10.7. The van der Waals surface area contributed by atoms with Crippen LogP contribution in [0.3, 0.4) is 0 Å². The molecule has 2 aromatic carbocycles. The van der Waals surface area contributed by atoms with Gasteiger partial charge in [0.2, 0.25) is 6.23 Å². The zero-order valence-corrected chi connectivity index (χ0v) is 11.0. The van der Waals surface area contributed by atoms with Crippen LogP contribution in [0.25, 0.3) is 0 Å². The van der Waals surface area contributed by atoms with E-state index < -0.39 is 12.3 Å². The fourth-order valence-electron chi connectivity index (χ4n) is 2.24. The van der Waals surface area contributed by atoms with Crippen LogP contribution in [0.15, 0.2) is 42.5 Å². The molecule has 0 saturated heterocycles. The van der Waals surface area contributed by atoms with E-state index in [1.807, 2.05) is 6.07 Å². The fraction of sp³-hybridized carbons (Fsp3) is 0.125. The minimum atomic E-state index is -0.818. The summed E-state index contributed by atoms with van der Waals surface area (Å²) >= 11 is 0. The number of carbonyl (C=O) groups is 1. The molecule has 1 heterocycles. The van der Waals surface area contributed by atoms with Gasteiger partial charge in [0.1, 0.15) is 11.9 Å². The highest BCUT2D eigenvalue weighted by molar-refractivity contribution is 5.71. The van der Waals surface area contributed by atoms with Gasteiger partial charge < -0.3 is 15.2 Å². The summed E-state index contributed by atoms with van der Waals surface area (Å²) in [6, 6.07) is 14.0. The van der Waals surface area contributed by atoms with Gasteiger partial charge in [-0.15, -0.1) is 0 Å². The van der Waals surface area contributed by atoms with Crippen molar-refractivity contribution in [3.63, 3.8) is 0 Å². The normalized spacial score (nSPS) is 17.0. The molecule has 0 aliphatic carbocycles. The monoisotopic (exact) mass is 280 g/mol. The Morgan fingerprint density at radius 2 is 1.95 bits per heavy atom. The van der Waals surface area contributed by atoms with Crippen LogP contribution in [0.2, 0.25) is 0 Å². The van der Waals surface area contributed by atoms with Gasteiger partial charge in [0, 0.05) is 0 Å². The number of benzene rings is 2. The van der Waals surface area contributed by atoms with Crippen molar-refractivity contribution < 1.29 is 14.6 Å².